The lowest BCUT2D eigenvalue weighted by Gasteiger charge is -2.08. The second kappa shape index (κ2) is 3.83. The number of aromatic amines is 1. The van der Waals surface area contributed by atoms with Crippen LogP contribution in [-0.2, 0) is 6.42 Å². The van der Waals surface area contributed by atoms with E-state index in [-0.39, 0.29) is 5.82 Å². The quantitative estimate of drug-likeness (QED) is 0.859. The Morgan fingerprint density at radius 3 is 2.82 bits per heavy atom. The van der Waals surface area contributed by atoms with Crippen LogP contribution in [0.15, 0.2) is 6.20 Å². The summed E-state index contributed by atoms with van der Waals surface area (Å²) in [5.41, 5.74) is 6.33. The van der Waals surface area contributed by atoms with Gasteiger partial charge in [-0.1, -0.05) is 0 Å². The molecule has 0 atom stereocenters. The molecule has 2 aromatic heterocycles. The van der Waals surface area contributed by atoms with Gasteiger partial charge in [-0.25, -0.2) is 13.8 Å². The van der Waals surface area contributed by atoms with E-state index in [1.807, 2.05) is 0 Å². The third-order valence-corrected chi connectivity index (χ3v) is 2.35. The van der Waals surface area contributed by atoms with E-state index in [0.717, 1.165) is 6.92 Å². The van der Waals surface area contributed by atoms with Gasteiger partial charge in [0.05, 0.1) is 19.2 Å². The summed E-state index contributed by atoms with van der Waals surface area (Å²) in [6.07, 6.45) is 0.982. The highest BCUT2D eigenvalue weighted by Gasteiger charge is 2.25. The summed E-state index contributed by atoms with van der Waals surface area (Å²) >= 11 is 0. The van der Waals surface area contributed by atoms with Crippen LogP contribution in [-0.4, -0.2) is 28.2 Å². The normalized spacial score (nSPS) is 12.0. The number of fused-ring (bicyclic) bond motifs is 1. The van der Waals surface area contributed by atoms with Gasteiger partial charge < -0.3 is 10.5 Å². The fourth-order valence-electron chi connectivity index (χ4n) is 1.66. The number of nitrogens with two attached hydrogens (primary N) is 1. The van der Waals surface area contributed by atoms with Gasteiger partial charge in [0.15, 0.2) is 11.6 Å². The zero-order valence-electron chi connectivity index (χ0n) is 9.42. The van der Waals surface area contributed by atoms with Gasteiger partial charge in [0, 0.05) is 11.6 Å². The van der Waals surface area contributed by atoms with E-state index >= 15 is 0 Å². The molecule has 2 heterocycles. The van der Waals surface area contributed by atoms with Crippen molar-refractivity contribution in [1.82, 2.24) is 15.2 Å². The summed E-state index contributed by atoms with van der Waals surface area (Å²) in [5, 5.41) is 7.00. The molecule has 92 valence electrons. The number of hydrogen-bond acceptors (Lipinski definition) is 4. The van der Waals surface area contributed by atoms with Crippen molar-refractivity contribution in [2.45, 2.75) is 19.3 Å². The number of methoxy groups -OCH3 is 1. The molecule has 17 heavy (non-hydrogen) atoms. The van der Waals surface area contributed by atoms with Crippen LogP contribution in [0.3, 0.4) is 0 Å². The minimum Gasteiger partial charge on any atom is -0.491 e. The van der Waals surface area contributed by atoms with Crippen LogP contribution in [0.4, 0.5) is 14.6 Å². The van der Waals surface area contributed by atoms with Crippen molar-refractivity contribution in [2.24, 2.45) is 0 Å². The van der Waals surface area contributed by atoms with Gasteiger partial charge in [-0.05, 0) is 6.92 Å². The van der Waals surface area contributed by atoms with E-state index in [9.17, 15) is 8.78 Å². The van der Waals surface area contributed by atoms with Crippen molar-refractivity contribution in [3.05, 3.63) is 11.9 Å². The molecule has 0 amide bonds. The third-order valence-electron chi connectivity index (χ3n) is 2.35. The van der Waals surface area contributed by atoms with E-state index in [4.69, 9.17) is 10.5 Å². The molecule has 0 saturated carbocycles. The molecule has 0 aliphatic rings. The standard InChI is InChI=1S/C10H12F2N4O/c1-10(11,12)3-6-5-4-14-9(13)8(17-2)7(5)16-15-6/h4H,3H2,1-2H3,(H2,13,14)(H,15,16). The Morgan fingerprint density at radius 1 is 1.53 bits per heavy atom. The number of pyridine rings is 1. The number of anilines is 1. The maximum absolute atomic E-state index is 13.0. The van der Waals surface area contributed by atoms with Crippen LogP contribution in [0.2, 0.25) is 0 Å². The maximum Gasteiger partial charge on any atom is 0.250 e. The molecule has 0 unspecified atom stereocenters. The SMILES string of the molecule is COc1c(N)ncc2c(CC(C)(F)F)[nH]nc12. The Morgan fingerprint density at radius 2 is 2.24 bits per heavy atom. The predicted octanol–water partition coefficient (Wildman–Crippen LogP) is 1.75. The largest absolute Gasteiger partial charge is 0.491 e. The van der Waals surface area contributed by atoms with E-state index in [2.05, 4.69) is 15.2 Å². The minimum absolute atomic E-state index is 0.182. The van der Waals surface area contributed by atoms with Crippen LogP contribution in [0.5, 0.6) is 5.75 Å². The molecule has 0 spiro atoms. The molecule has 3 N–H and O–H groups in total. The molecule has 0 fully saturated rings. The van der Waals surface area contributed by atoms with Crippen LogP contribution >= 0.6 is 0 Å². The molecular formula is C10H12F2N4O. The van der Waals surface area contributed by atoms with Crippen LogP contribution < -0.4 is 10.5 Å². The summed E-state index contributed by atoms with van der Waals surface area (Å²) in [6, 6.07) is 0. The molecule has 0 bridgehead atoms. The lowest BCUT2D eigenvalue weighted by molar-refractivity contribution is 0.0219. The van der Waals surface area contributed by atoms with Crippen LogP contribution in [0, 0.1) is 0 Å². The van der Waals surface area contributed by atoms with Gasteiger partial charge in [0.2, 0.25) is 0 Å². The van der Waals surface area contributed by atoms with Crippen LogP contribution in [0.25, 0.3) is 10.9 Å². The molecule has 5 nitrogen and oxygen atoms in total. The Balaban J connectivity index is 2.55. The van der Waals surface area contributed by atoms with Gasteiger partial charge in [0.1, 0.15) is 5.52 Å². The van der Waals surface area contributed by atoms with E-state index in [0.29, 0.717) is 22.3 Å². The Bertz CT molecular complexity index is 547. The van der Waals surface area contributed by atoms with Crippen LogP contribution in [0.1, 0.15) is 12.6 Å². The number of hydrogen-bond donors (Lipinski definition) is 2. The van der Waals surface area contributed by atoms with Crippen molar-refractivity contribution in [3.63, 3.8) is 0 Å². The number of aromatic nitrogens is 3. The molecule has 0 radical (unpaired) electrons. The van der Waals surface area contributed by atoms with Crippen molar-refractivity contribution >= 4 is 16.7 Å². The first-order valence-electron chi connectivity index (χ1n) is 4.95. The average Bonchev–Trinajstić information content (AvgIpc) is 2.59. The molecule has 2 rings (SSSR count). The molecule has 2 aromatic rings. The van der Waals surface area contributed by atoms with Crippen molar-refractivity contribution in [2.75, 3.05) is 12.8 Å². The first-order valence-corrected chi connectivity index (χ1v) is 4.95. The topological polar surface area (TPSA) is 76.8 Å². The lowest BCUT2D eigenvalue weighted by atomic mass is 10.1. The number of halogens is 2. The number of nitrogens with one attached hydrogen (secondary N) is 1. The molecule has 0 aliphatic carbocycles. The molecule has 0 aliphatic heterocycles. The maximum atomic E-state index is 13.0. The highest BCUT2D eigenvalue weighted by molar-refractivity contribution is 5.89. The summed E-state index contributed by atoms with van der Waals surface area (Å²) in [4.78, 5) is 3.89. The first kappa shape index (κ1) is 11.6. The van der Waals surface area contributed by atoms with Crippen molar-refractivity contribution in [3.8, 4) is 5.75 Å². The van der Waals surface area contributed by atoms with Gasteiger partial charge in [-0.3, -0.25) is 5.10 Å². The third kappa shape index (κ3) is 2.13. The minimum atomic E-state index is -2.81. The number of nitrogens with zero attached hydrogens (tertiary/aromatic N) is 2. The molecule has 0 aromatic carbocycles. The number of alkyl halides is 2. The Kier molecular flexibility index (Phi) is 2.60. The second-order valence-corrected chi connectivity index (χ2v) is 3.89. The number of ether oxygens (including phenoxy) is 1. The van der Waals surface area contributed by atoms with E-state index < -0.39 is 12.3 Å². The zero-order chi connectivity index (χ0) is 12.6. The van der Waals surface area contributed by atoms with Gasteiger partial charge in [-0.2, -0.15) is 5.10 Å². The zero-order valence-corrected chi connectivity index (χ0v) is 9.42. The Labute approximate surface area is 96.0 Å². The summed E-state index contributed by atoms with van der Waals surface area (Å²) in [5.74, 6) is -2.33. The monoisotopic (exact) mass is 242 g/mol. The van der Waals surface area contributed by atoms with Crippen molar-refractivity contribution in [1.29, 1.82) is 0 Å². The smallest absolute Gasteiger partial charge is 0.250 e. The number of nitrogen functional groups attached to an aromatic ring is 1. The molecule has 7 heteroatoms. The summed E-state index contributed by atoms with van der Waals surface area (Å²) in [6.45, 7) is 0.849. The fraction of sp³-hybridized carbons (Fsp3) is 0.400. The highest BCUT2D eigenvalue weighted by Crippen LogP contribution is 2.31. The highest BCUT2D eigenvalue weighted by atomic mass is 19.3. The Hall–Kier alpha value is -1.92. The van der Waals surface area contributed by atoms with Gasteiger partial charge in [0.25, 0.3) is 5.92 Å². The fourth-order valence-corrected chi connectivity index (χ4v) is 1.66. The first-order chi connectivity index (χ1) is 7.92. The lowest BCUT2D eigenvalue weighted by Crippen LogP contribution is -2.14. The van der Waals surface area contributed by atoms with E-state index in [1.54, 1.807) is 0 Å². The second-order valence-electron chi connectivity index (χ2n) is 3.89. The van der Waals surface area contributed by atoms with E-state index in [1.165, 1.54) is 13.3 Å². The van der Waals surface area contributed by atoms with Gasteiger partial charge in [-0.15, -0.1) is 0 Å². The number of H-pyrrole nitrogens is 1. The van der Waals surface area contributed by atoms with Gasteiger partial charge >= 0.3 is 0 Å². The number of rotatable bonds is 3. The molecular weight excluding hydrogens is 230 g/mol. The average molecular weight is 242 g/mol. The summed E-state index contributed by atoms with van der Waals surface area (Å²) < 4.78 is 30.9. The predicted molar refractivity (Wildman–Crippen MR) is 59.2 cm³/mol. The van der Waals surface area contributed by atoms with Crippen molar-refractivity contribution < 1.29 is 13.5 Å². The summed E-state index contributed by atoms with van der Waals surface area (Å²) in [7, 11) is 1.43. The molecule has 0 saturated heterocycles.